The number of alkyl halides is 2. The number of carboxylic acids is 1. The van der Waals surface area contributed by atoms with Crippen LogP contribution in [-0.2, 0) is 38.8 Å². The molecule has 6 nitrogen and oxygen atoms in total. The van der Waals surface area contributed by atoms with Crippen molar-refractivity contribution in [3.63, 3.8) is 0 Å². The highest BCUT2D eigenvalue weighted by Crippen LogP contribution is 2.29. The molecule has 2 N–H and O–H groups in total. The van der Waals surface area contributed by atoms with E-state index in [1.807, 2.05) is 36.4 Å². The molecule has 0 amide bonds. The molecule has 3 aromatic rings. The van der Waals surface area contributed by atoms with Crippen LogP contribution in [0.15, 0.2) is 104 Å². The third-order valence-electron chi connectivity index (χ3n) is 5.70. The van der Waals surface area contributed by atoms with Gasteiger partial charge in [0.25, 0.3) is 0 Å². The Morgan fingerprint density at radius 3 is 1.51 bits per heavy atom. The fourth-order valence-electron chi connectivity index (χ4n) is 3.67. The fraction of sp³-hybridized carbons (Fsp3) is 0.276. The number of aliphatic carboxylic acids is 1. The summed E-state index contributed by atoms with van der Waals surface area (Å²) in [7, 11) is 0. The zero-order valence-corrected chi connectivity index (χ0v) is 20.2. The summed E-state index contributed by atoms with van der Waals surface area (Å²) in [4.78, 5) is 11.3. The van der Waals surface area contributed by atoms with Crippen molar-refractivity contribution in [3.8, 4) is 0 Å². The summed E-state index contributed by atoms with van der Waals surface area (Å²) in [6.45, 7) is 3.66. The van der Waals surface area contributed by atoms with Gasteiger partial charge in [0.2, 0.25) is 0 Å². The van der Waals surface area contributed by atoms with Crippen LogP contribution in [0.25, 0.3) is 0 Å². The number of aliphatic hydroxyl groups excluding tert-OH is 1. The molecule has 8 heteroatoms. The van der Waals surface area contributed by atoms with E-state index in [-0.39, 0.29) is 19.8 Å². The van der Waals surface area contributed by atoms with Gasteiger partial charge in [-0.2, -0.15) is 8.78 Å². The van der Waals surface area contributed by atoms with E-state index in [9.17, 15) is 18.7 Å². The third-order valence-corrected chi connectivity index (χ3v) is 5.70. The summed E-state index contributed by atoms with van der Waals surface area (Å²) < 4.78 is 46.9. The predicted molar refractivity (Wildman–Crippen MR) is 134 cm³/mol. The first-order valence-electron chi connectivity index (χ1n) is 11.7. The van der Waals surface area contributed by atoms with E-state index in [0.29, 0.717) is 5.56 Å². The Kier molecular flexibility index (Phi) is 10.5. The van der Waals surface area contributed by atoms with Gasteiger partial charge in [-0.25, -0.2) is 4.79 Å². The molecule has 0 aliphatic rings. The second kappa shape index (κ2) is 13.8. The monoisotopic (exact) mass is 512 g/mol. The van der Waals surface area contributed by atoms with E-state index < -0.39 is 36.3 Å². The molecule has 0 aromatic heterocycles. The van der Waals surface area contributed by atoms with E-state index in [1.165, 1.54) is 6.08 Å². The highest BCUT2D eigenvalue weighted by atomic mass is 19.3. The van der Waals surface area contributed by atoms with Gasteiger partial charge < -0.3 is 24.4 Å². The number of halogens is 2. The lowest BCUT2D eigenvalue weighted by molar-refractivity contribution is -0.226. The van der Waals surface area contributed by atoms with Gasteiger partial charge in [0, 0.05) is 0 Å². The van der Waals surface area contributed by atoms with E-state index in [4.69, 9.17) is 19.3 Å². The second-order valence-corrected chi connectivity index (χ2v) is 8.39. The van der Waals surface area contributed by atoms with Crippen LogP contribution in [0.2, 0.25) is 0 Å². The first-order chi connectivity index (χ1) is 17.8. The van der Waals surface area contributed by atoms with Crippen molar-refractivity contribution >= 4 is 5.97 Å². The number of aliphatic hydroxyl groups is 1. The molecule has 0 heterocycles. The van der Waals surface area contributed by atoms with E-state index >= 15 is 0 Å². The van der Waals surface area contributed by atoms with Gasteiger partial charge in [0.05, 0.1) is 19.8 Å². The lowest BCUT2D eigenvalue weighted by Crippen LogP contribution is -2.56. The number of carbonyl (C=O) groups is 1. The minimum Gasteiger partial charge on any atom is -0.477 e. The molecule has 0 radical (unpaired) electrons. The van der Waals surface area contributed by atoms with Gasteiger partial charge in [-0.15, -0.1) is 6.58 Å². The van der Waals surface area contributed by atoms with Crippen LogP contribution >= 0.6 is 0 Å². The molecule has 37 heavy (non-hydrogen) atoms. The molecular weight excluding hydrogens is 482 g/mol. The Labute approximate surface area is 214 Å². The lowest BCUT2D eigenvalue weighted by atomic mass is 9.97. The molecular formula is C29H30F2O6. The van der Waals surface area contributed by atoms with Crippen LogP contribution in [0, 0.1) is 0 Å². The predicted octanol–water partition coefficient (Wildman–Crippen LogP) is 5.01. The number of ether oxygens (including phenoxy) is 3. The first kappa shape index (κ1) is 28.1. The van der Waals surface area contributed by atoms with Crippen LogP contribution in [-0.4, -0.2) is 46.5 Å². The van der Waals surface area contributed by atoms with Crippen molar-refractivity contribution in [3.05, 3.63) is 120 Å². The topological polar surface area (TPSA) is 85.2 Å². The maximum absolute atomic E-state index is 14.6. The molecule has 0 spiro atoms. The summed E-state index contributed by atoms with van der Waals surface area (Å²) in [5.74, 6) is -6.99. The molecule has 0 bridgehead atoms. The Bertz CT molecular complexity index is 1100. The quantitative estimate of drug-likeness (QED) is 0.279. The smallest absolute Gasteiger partial charge is 0.377 e. The van der Waals surface area contributed by atoms with Crippen LogP contribution in [0.3, 0.4) is 0 Å². The van der Waals surface area contributed by atoms with Crippen LogP contribution in [0.4, 0.5) is 8.78 Å². The van der Waals surface area contributed by atoms with Gasteiger partial charge >= 0.3 is 11.9 Å². The zero-order valence-electron chi connectivity index (χ0n) is 20.2. The SMILES string of the molecule is C=C[C@@H](OCc1ccccc1)[C@H](OCc1ccccc1)[C@@H](OCc1ccccc1)[C@@H](O)C(F)(F)C(=O)O. The molecule has 3 rings (SSSR count). The minimum atomic E-state index is -4.51. The summed E-state index contributed by atoms with van der Waals surface area (Å²) in [6.07, 6.45) is -5.51. The lowest BCUT2D eigenvalue weighted by Gasteiger charge is -2.36. The standard InChI is InChI=1S/C29H30F2O6/c1-2-24(35-18-21-12-6-3-7-13-21)25(36-19-22-14-8-4-9-15-22)26(27(32)29(30,31)28(33)34)37-20-23-16-10-5-11-17-23/h2-17,24-27,32H,1,18-20H2,(H,33,34)/t24-,25+,26-,27-/m1/s1. The van der Waals surface area contributed by atoms with Crippen molar-refractivity contribution < 1.29 is 38.0 Å². The number of rotatable bonds is 15. The summed E-state index contributed by atoms with van der Waals surface area (Å²) >= 11 is 0. The molecule has 3 aromatic carbocycles. The average molecular weight is 513 g/mol. The minimum absolute atomic E-state index is 0.0267. The van der Waals surface area contributed by atoms with Crippen LogP contribution < -0.4 is 0 Å². The largest absolute Gasteiger partial charge is 0.477 e. The maximum atomic E-state index is 14.6. The van der Waals surface area contributed by atoms with E-state index in [1.54, 1.807) is 54.6 Å². The number of hydrogen-bond donors (Lipinski definition) is 2. The molecule has 0 saturated heterocycles. The van der Waals surface area contributed by atoms with E-state index in [2.05, 4.69) is 6.58 Å². The Hall–Kier alpha value is -3.43. The van der Waals surface area contributed by atoms with Crippen molar-refractivity contribution in [2.75, 3.05) is 0 Å². The molecule has 4 atom stereocenters. The Morgan fingerprint density at radius 1 is 0.757 bits per heavy atom. The normalized spacial score (nSPS) is 14.9. The van der Waals surface area contributed by atoms with Gasteiger partial charge in [0.1, 0.15) is 18.3 Å². The summed E-state index contributed by atoms with van der Waals surface area (Å²) in [6, 6.07) is 26.8. The van der Waals surface area contributed by atoms with Gasteiger partial charge in [-0.3, -0.25) is 0 Å². The average Bonchev–Trinajstić information content (AvgIpc) is 2.92. The zero-order chi connectivity index (χ0) is 26.7. The van der Waals surface area contributed by atoms with Crippen molar-refractivity contribution in [1.29, 1.82) is 0 Å². The molecule has 196 valence electrons. The van der Waals surface area contributed by atoms with Crippen LogP contribution in [0.5, 0.6) is 0 Å². The molecule has 0 aliphatic carbocycles. The first-order valence-corrected chi connectivity index (χ1v) is 11.7. The third kappa shape index (κ3) is 8.03. The highest BCUT2D eigenvalue weighted by molar-refractivity contribution is 5.76. The van der Waals surface area contributed by atoms with Crippen LogP contribution in [0.1, 0.15) is 16.7 Å². The maximum Gasteiger partial charge on any atom is 0.377 e. The van der Waals surface area contributed by atoms with E-state index in [0.717, 1.165) is 11.1 Å². The molecule has 0 fully saturated rings. The van der Waals surface area contributed by atoms with Crippen molar-refractivity contribution in [1.82, 2.24) is 0 Å². The Balaban J connectivity index is 1.92. The molecule has 0 aliphatic heterocycles. The summed E-state index contributed by atoms with van der Waals surface area (Å²) in [5, 5.41) is 19.8. The molecule has 0 saturated carbocycles. The highest BCUT2D eigenvalue weighted by Gasteiger charge is 2.54. The van der Waals surface area contributed by atoms with Gasteiger partial charge in [0.15, 0.2) is 6.10 Å². The summed E-state index contributed by atoms with van der Waals surface area (Å²) in [5.41, 5.74) is 2.19. The number of benzene rings is 3. The van der Waals surface area contributed by atoms with Gasteiger partial charge in [-0.05, 0) is 16.7 Å². The molecule has 0 unspecified atom stereocenters. The van der Waals surface area contributed by atoms with Gasteiger partial charge in [-0.1, -0.05) is 97.1 Å². The van der Waals surface area contributed by atoms with Crippen molar-refractivity contribution in [2.24, 2.45) is 0 Å². The number of hydrogen-bond acceptors (Lipinski definition) is 5. The second-order valence-electron chi connectivity index (χ2n) is 8.39. The van der Waals surface area contributed by atoms with Crippen molar-refractivity contribution in [2.45, 2.75) is 50.2 Å². The Morgan fingerprint density at radius 2 is 1.14 bits per heavy atom. The fourth-order valence-corrected chi connectivity index (χ4v) is 3.67. The number of carboxylic acid groups (broad SMARTS) is 1.